The largest absolute Gasteiger partial charge is 0.354 e. The number of amides is 1. The van der Waals surface area contributed by atoms with Crippen molar-refractivity contribution in [3.05, 3.63) is 35.4 Å². The summed E-state index contributed by atoms with van der Waals surface area (Å²) in [5, 5.41) is 6.23. The quantitative estimate of drug-likeness (QED) is 0.626. The van der Waals surface area contributed by atoms with E-state index in [9.17, 15) is 4.79 Å². The fraction of sp³-hybridized carbons (Fsp3) is 0.400. The van der Waals surface area contributed by atoms with Gasteiger partial charge in [0.15, 0.2) is 0 Å². The predicted octanol–water partition coefficient (Wildman–Crippen LogP) is 1.18. The van der Waals surface area contributed by atoms with Gasteiger partial charge in [-0.2, -0.15) is 0 Å². The van der Waals surface area contributed by atoms with Gasteiger partial charge in [0.1, 0.15) is 0 Å². The molecule has 0 aliphatic carbocycles. The molecule has 2 rings (SSSR count). The molecule has 0 saturated carbocycles. The molecule has 0 saturated heterocycles. The molecule has 100 valence electrons. The lowest BCUT2D eigenvalue weighted by molar-refractivity contribution is -0.123. The summed E-state index contributed by atoms with van der Waals surface area (Å²) in [7, 11) is 0. The second-order valence-corrected chi connectivity index (χ2v) is 5.56. The molecule has 1 heterocycles. The first-order valence-electron chi connectivity index (χ1n) is 6.40. The van der Waals surface area contributed by atoms with Gasteiger partial charge in [-0.3, -0.25) is 4.79 Å². The lowest BCUT2D eigenvalue weighted by Crippen LogP contribution is -2.48. The first kappa shape index (κ1) is 14.0. The van der Waals surface area contributed by atoms with E-state index in [1.165, 1.54) is 11.1 Å². The van der Waals surface area contributed by atoms with Crippen molar-refractivity contribution in [2.24, 2.45) is 0 Å². The van der Waals surface area contributed by atoms with Crippen molar-refractivity contribution >= 4 is 17.7 Å². The van der Waals surface area contributed by atoms with Crippen LogP contribution in [0.2, 0.25) is 0 Å². The summed E-state index contributed by atoms with van der Waals surface area (Å²) in [6.07, 6.45) is 5.93. The summed E-state index contributed by atoms with van der Waals surface area (Å²) < 4.78 is 0. The van der Waals surface area contributed by atoms with Crippen molar-refractivity contribution in [1.82, 2.24) is 10.6 Å². The zero-order chi connectivity index (χ0) is 13.5. The van der Waals surface area contributed by atoms with Gasteiger partial charge >= 0.3 is 0 Å². The van der Waals surface area contributed by atoms with Crippen molar-refractivity contribution in [1.29, 1.82) is 0 Å². The molecule has 3 nitrogen and oxygen atoms in total. The van der Waals surface area contributed by atoms with Crippen molar-refractivity contribution in [2.45, 2.75) is 19.0 Å². The lowest BCUT2D eigenvalue weighted by Gasteiger charge is -2.25. The number of benzene rings is 1. The standard InChI is InChI=1S/C15H18N2OS/c1-2-8-19-9-7-16-15(18)14-10-12-5-3-4-6-13(12)11-17-14/h1,3-6,14,17H,7-11H2,(H,16,18)/t14-/m1/s1. The van der Waals surface area contributed by atoms with Crippen LogP contribution in [0.5, 0.6) is 0 Å². The van der Waals surface area contributed by atoms with Gasteiger partial charge in [-0.05, 0) is 17.5 Å². The average molecular weight is 274 g/mol. The van der Waals surface area contributed by atoms with E-state index in [2.05, 4.69) is 28.7 Å². The molecular weight excluding hydrogens is 256 g/mol. The van der Waals surface area contributed by atoms with Crippen LogP contribution in [0.1, 0.15) is 11.1 Å². The van der Waals surface area contributed by atoms with E-state index in [4.69, 9.17) is 6.42 Å². The Labute approximate surface area is 118 Å². The van der Waals surface area contributed by atoms with E-state index in [1.54, 1.807) is 11.8 Å². The Morgan fingerprint density at radius 1 is 1.47 bits per heavy atom. The van der Waals surface area contributed by atoms with Crippen LogP contribution in [0.3, 0.4) is 0 Å². The molecule has 0 fully saturated rings. The molecule has 0 spiro atoms. The molecule has 19 heavy (non-hydrogen) atoms. The highest BCUT2D eigenvalue weighted by Crippen LogP contribution is 2.16. The van der Waals surface area contributed by atoms with Crippen LogP contribution in [0.25, 0.3) is 0 Å². The molecule has 1 aliphatic rings. The number of terminal acetylenes is 1. The minimum Gasteiger partial charge on any atom is -0.354 e. The summed E-state index contributed by atoms with van der Waals surface area (Å²) >= 11 is 1.66. The van der Waals surface area contributed by atoms with Crippen LogP contribution in [-0.4, -0.2) is 30.0 Å². The molecular formula is C15H18N2OS. The number of hydrogen-bond acceptors (Lipinski definition) is 3. The fourth-order valence-electron chi connectivity index (χ4n) is 2.14. The number of thioether (sulfide) groups is 1. The van der Waals surface area contributed by atoms with E-state index in [0.29, 0.717) is 12.3 Å². The predicted molar refractivity (Wildman–Crippen MR) is 79.9 cm³/mol. The zero-order valence-electron chi connectivity index (χ0n) is 10.8. The maximum Gasteiger partial charge on any atom is 0.237 e. The van der Waals surface area contributed by atoms with Crippen molar-refractivity contribution < 1.29 is 4.79 Å². The van der Waals surface area contributed by atoms with Gasteiger partial charge in [-0.1, -0.05) is 30.2 Å². The Morgan fingerprint density at radius 2 is 2.26 bits per heavy atom. The number of carbonyl (C=O) groups excluding carboxylic acids is 1. The minimum absolute atomic E-state index is 0.0795. The van der Waals surface area contributed by atoms with E-state index in [-0.39, 0.29) is 11.9 Å². The van der Waals surface area contributed by atoms with E-state index >= 15 is 0 Å². The van der Waals surface area contributed by atoms with E-state index in [1.807, 2.05) is 12.1 Å². The highest BCUT2D eigenvalue weighted by Gasteiger charge is 2.23. The Balaban J connectivity index is 1.78. The Hall–Kier alpha value is -1.44. The number of hydrogen-bond donors (Lipinski definition) is 2. The number of rotatable bonds is 5. The van der Waals surface area contributed by atoms with Crippen LogP contribution >= 0.6 is 11.8 Å². The molecule has 0 aromatic heterocycles. The van der Waals surface area contributed by atoms with Gasteiger partial charge in [-0.15, -0.1) is 18.2 Å². The summed E-state index contributed by atoms with van der Waals surface area (Å²) in [5.41, 5.74) is 2.55. The molecule has 4 heteroatoms. The second kappa shape index (κ2) is 7.22. The normalized spacial score (nSPS) is 17.3. The minimum atomic E-state index is -0.118. The maximum absolute atomic E-state index is 12.0. The fourth-order valence-corrected chi connectivity index (χ4v) is 2.65. The van der Waals surface area contributed by atoms with Crippen molar-refractivity contribution in [2.75, 3.05) is 18.1 Å². The number of nitrogens with one attached hydrogen (secondary N) is 2. The molecule has 0 unspecified atom stereocenters. The smallest absolute Gasteiger partial charge is 0.237 e. The van der Waals surface area contributed by atoms with Gasteiger partial charge in [0.2, 0.25) is 5.91 Å². The third-order valence-electron chi connectivity index (χ3n) is 3.13. The molecule has 2 N–H and O–H groups in total. The van der Waals surface area contributed by atoms with Crippen LogP contribution in [0.4, 0.5) is 0 Å². The monoisotopic (exact) mass is 274 g/mol. The van der Waals surface area contributed by atoms with Crippen molar-refractivity contribution in [3.63, 3.8) is 0 Å². The molecule has 0 radical (unpaired) electrons. The second-order valence-electron chi connectivity index (χ2n) is 4.45. The van der Waals surface area contributed by atoms with Crippen LogP contribution in [0, 0.1) is 12.3 Å². The molecule has 1 amide bonds. The van der Waals surface area contributed by atoms with E-state index < -0.39 is 0 Å². The lowest BCUT2D eigenvalue weighted by atomic mass is 9.95. The Bertz CT molecular complexity index is 481. The SMILES string of the molecule is C#CCSCCNC(=O)[C@H]1Cc2ccccc2CN1. The van der Waals surface area contributed by atoms with Gasteiger partial charge in [0.05, 0.1) is 11.8 Å². The summed E-state index contributed by atoms with van der Waals surface area (Å²) in [6, 6.07) is 8.14. The topological polar surface area (TPSA) is 41.1 Å². The van der Waals surface area contributed by atoms with Gasteiger partial charge in [-0.25, -0.2) is 0 Å². The summed E-state index contributed by atoms with van der Waals surface area (Å²) in [4.78, 5) is 12.0. The molecule has 1 aromatic carbocycles. The van der Waals surface area contributed by atoms with Crippen LogP contribution < -0.4 is 10.6 Å². The summed E-state index contributed by atoms with van der Waals surface area (Å²) in [6.45, 7) is 1.44. The molecule has 0 bridgehead atoms. The summed E-state index contributed by atoms with van der Waals surface area (Å²) in [5.74, 6) is 4.21. The van der Waals surface area contributed by atoms with Crippen LogP contribution in [-0.2, 0) is 17.8 Å². The average Bonchev–Trinajstić information content (AvgIpc) is 2.46. The third-order valence-corrected chi connectivity index (χ3v) is 3.99. The maximum atomic E-state index is 12.0. The zero-order valence-corrected chi connectivity index (χ0v) is 11.6. The number of carbonyl (C=O) groups is 1. The van der Waals surface area contributed by atoms with Crippen molar-refractivity contribution in [3.8, 4) is 12.3 Å². The Kier molecular flexibility index (Phi) is 5.31. The Morgan fingerprint density at radius 3 is 3.05 bits per heavy atom. The highest BCUT2D eigenvalue weighted by atomic mass is 32.2. The van der Waals surface area contributed by atoms with E-state index in [0.717, 1.165) is 18.7 Å². The van der Waals surface area contributed by atoms with Gasteiger partial charge < -0.3 is 10.6 Å². The van der Waals surface area contributed by atoms with Gasteiger partial charge in [0.25, 0.3) is 0 Å². The number of fused-ring (bicyclic) bond motifs is 1. The third kappa shape index (κ3) is 4.02. The first-order valence-corrected chi connectivity index (χ1v) is 7.56. The molecule has 1 aromatic rings. The first-order chi connectivity index (χ1) is 9.31. The molecule has 1 atom stereocenters. The highest BCUT2D eigenvalue weighted by molar-refractivity contribution is 7.99. The van der Waals surface area contributed by atoms with Gasteiger partial charge in [0, 0.05) is 18.8 Å². The van der Waals surface area contributed by atoms with Crippen LogP contribution in [0.15, 0.2) is 24.3 Å². The molecule has 1 aliphatic heterocycles.